The molecule has 4 aromatic carbocycles. The Kier molecular flexibility index (Phi) is 13.5. The molecule has 0 aliphatic heterocycles. The second-order valence-corrected chi connectivity index (χ2v) is 19.2. The van der Waals surface area contributed by atoms with Crippen LogP contribution in [0.2, 0.25) is 0 Å². The van der Waals surface area contributed by atoms with E-state index in [9.17, 15) is 18.3 Å². The lowest BCUT2D eigenvalue weighted by molar-refractivity contribution is 0.0815. The Morgan fingerprint density at radius 3 is 1.70 bits per heavy atom. The van der Waals surface area contributed by atoms with Gasteiger partial charge in [-0.2, -0.15) is 9.10 Å². The number of aromatic nitrogens is 4. The van der Waals surface area contributed by atoms with Gasteiger partial charge in [0.05, 0.1) is 44.1 Å². The van der Waals surface area contributed by atoms with Gasteiger partial charge in [-0.3, -0.25) is 4.90 Å². The van der Waals surface area contributed by atoms with E-state index in [4.69, 9.17) is 14.2 Å². The Labute approximate surface area is 346 Å². The number of carboxylic acid groups (broad SMARTS) is 1. The summed E-state index contributed by atoms with van der Waals surface area (Å²) in [6.07, 6.45) is -1.32. The molecule has 0 spiro atoms. The molecule has 5 rings (SSSR count). The topological polar surface area (TPSA) is 183 Å². The second kappa shape index (κ2) is 17.8. The summed E-state index contributed by atoms with van der Waals surface area (Å²) in [6.45, 7) is 6.29. The van der Waals surface area contributed by atoms with Gasteiger partial charge >= 0.3 is 6.09 Å². The number of carbonyl (C=O) groups is 1. The molecule has 1 atom stereocenters. The summed E-state index contributed by atoms with van der Waals surface area (Å²) in [5, 5.41) is 23.1. The number of methoxy groups -OCH3 is 3. The van der Waals surface area contributed by atoms with Crippen molar-refractivity contribution in [2.75, 3.05) is 27.1 Å². The van der Waals surface area contributed by atoms with Crippen molar-refractivity contribution < 1.29 is 40.9 Å². The van der Waals surface area contributed by atoms with Crippen LogP contribution in [-0.2, 0) is 39.5 Å². The fraction of sp³-hybridized carbons (Fsp3) is 0.333. The van der Waals surface area contributed by atoms with Crippen LogP contribution in [0.3, 0.4) is 0 Å². The molecule has 0 saturated heterocycles. The number of hydrogen-bond donors (Lipinski definition) is 1. The normalized spacial score (nSPS) is 12.6. The largest absolute Gasteiger partial charge is 0.497 e. The molecular weight excluding hydrogens is 887 g/mol. The molecule has 57 heavy (non-hydrogen) atoms. The van der Waals surface area contributed by atoms with Crippen molar-refractivity contribution in [1.82, 2.24) is 29.4 Å². The maximum Gasteiger partial charge on any atom is 0.408 e. The van der Waals surface area contributed by atoms with E-state index in [1.54, 1.807) is 88.5 Å². The molecule has 15 nitrogen and oxygen atoms in total. The summed E-state index contributed by atoms with van der Waals surface area (Å²) in [7, 11) is -4.72. The predicted octanol–water partition coefficient (Wildman–Crippen LogP) is 6.35. The number of sulfone groups is 1. The fourth-order valence-corrected chi connectivity index (χ4v) is 11.3. The van der Waals surface area contributed by atoms with E-state index in [0.29, 0.717) is 31.9 Å². The van der Waals surface area contributed by atoms with E-state index in [1.807, 2.05) is 34.7 Å². The first-order valence-corrected chi connectivity index (χ1v) is 21.8. The average molecular weight is 933 g/mol. The molecule has 0 fully saturated rings. The standard InChI is InChI=1S/C39H45IN6O9S2/c1-26(46(38(47)48)39(2,3)4)25-56(49,50)34-21-20-33(40)35(37-41-43-45(42-37)24-29-12-18-32(55-7)19-13-29)36(34)57(51,52)44(22-27-8-14-30(53-5)15-9-27)23-28-10-16-31(54-6)17-11-28/h8-21,26H,22-25H2,1-7H3,(H,47,48). The number of rotatable bonds is 16. The van der Waals surface area contributed by atoms with E-state index < -0.39 is 53.1 Å². The Morgan fingerprint density at radius 1 is 0.789 bits per heavy atom. The van der Waals surface area contributed by atoms with Crippen LogP contribution in [0.25, 0.3) is 11.4 Å². The van der Waals surface area contributed by atoms with E-state index in [-0.39, 0.29) is 31.0 Å². The minimum Gasteiger partial charge on any atom is -0.497 e. The van der Waals surface area contributed by atoms with Gasteiger partial charge in [-0.05, 0) is 121 Å². The molecule has 1 N–H and O–H groups in total. The van der Waals surface area contributed by atoms with Gasteiger partial charge in [-0.25, -0.2) is 21.6 Å². The van der Waals surface area contributed by atoms with Crippen LogP contribution in [0.1, 0.15) is 44.4 Å². The molecule has 18 heteroatoms. The maximum atomic E-state index is 15.5. The highest BCUT2D eigenvalue weighted by Crippen LogP contribution is 2.39. The van der Waals surface area contributed by atoms with Crippen molar-refractivity contribution in [3.63, 3.8) is 0 Å². The van der Waals surface area contributed by atoms with Gasteiger partial charge in [-0.1, -0.05) is 36.4 Å². The van der Waals surface area contributed by atoms with Crippen LogP contribution in [-0.4, -0.2) is 96.1 Å². The number of nitrogens with zero attached hydrogens (tertiary/aromatic N) is 6. The first-order chi connectivity index (χ1) is 26.9. The number of tetrazole rings is 1. The molecule has 1 aromatic heterocycles. The Balaban J connectivity index is 1.72. The van der Waals surface area contributed by atoms with Crippen LogP contribution < -0.4 is 14.2 Å². The highest BCUT2D eigenvalue weighted by Gasteiger charge is 2.40. The SMILES string of the molecule is COc1ccc(CN(Cc2ccc(OC)cc2)S(=O)(=O)c2c(S(=O)(=O)CC(C)N(C(=O)O)C(C)(C)C)ccc(I)c2-c2nnn(Cc3ccc(OC)cc3)n2)cc1. The molecule has 0 radical (unpaired) electrons. The van der Waals surface area contributed by atoms with Crippen molar-refractivity contribution in [3.8, 4) is 28.6 Å². The lowest BCUT2D eigenvalue weighted by atomic mass is 10.0. The molecule has 0 saturated carbocycles. The molecule has 0 aliphatic rings. The Hall–Kier alpha value is -4.79. The minimum atomic E-state index is -4.78. The summed E-state index contributed by atoms with van der Waals surface area (Å²) in [5.74, 6) is 0.964. The first-order valence-electron chi connectivity index (χ1n) is 17.6. The quantitative estimate of drug-likeness (QED) is 0.108. The second-order valence-electron chi connectivity index (χ2n) is 14.2. The third-order valence-electron chi connectivity index (χ3n) is 9.03. The molecule has 5 aromatic rings. The molecule has 304 valence electrons. The molecule has 0 bridgehead atoms. The average Bonchev–Trinajstić information content (AvgIpc) is 3.62. The van der Waals surface area contributed by atoms with Crippen LogP contribution in [0.15, 0.2) is 94.7 Å². The number of hydrogen-bond acceptors (Lipinski definition) is 11. The van der Waals surface area contributed by atoms with Gasteiger partial charge < -0.3 is 19.3 Å². The van der Waals surface area contributed by atoms with Crippen LogP contribution in [0.5, 0.6) is 17.2 Å². The van der Waals surface area contributed by atoms with Gasteiger partial charge in [0.15, 0.2) is 9.84 Å². The van der Waals surface area contributed by atoms with E-state index >= 15 is 8.42 Å². The summed E-state index contributed by atoms with van der Waals surface area (Å²) >= 11 is 1.93. The first kappa shape index (κ1) is 43.3. The van der Waals surface area contributed by atoms with Crippen LogP contribution >= 0.6 is 22.6 Å². The molecule has 1 amide bonds. The van der Waals surface area contributed by atoms with Gasteiger partial charge in [-0.15, -0.1) is 10.2 Å². The van der Waals surface area contributed by atoms with Crippen molar-refractivity contribution in [1.29, 1.82) is 0 Å². The van der Waals surface area contributed by atoms with E-state index in [1.165, 1.54) is 42.4 Å². The maximum absolute atomic E-state index is 15.5. The van der Waals surface area contributed by atoms with E-state index in [2.05, 4.69) is 15.4 Å². The van der Waals surface area contributed by atoms with Crippen molar-refractivity contribution in [2.24, 2.45) is 0 Å². The molecule has 1 unspecified atom stereocenters. The monoisotopic (exact) mass is 932 g/mol. The summed E-state index contributed by atoms with van der Waals surface area (Å²) < 4.78 is 77.6. The Morgan fingerprint density at radius 2 is 1.26 bits per heavy atom. The highest BCUT2D eigenvalue weighted by atomic mass is 127. The Bertz CT molecular complexity index is 2350. The number of amides is 1. The lowest BCUT2D eigenvalue weighted by Crippen LogP contribution is -2.52. The fourth-order valence-electron chi connectivity index (χ4n) is 6.40. The third-order valence-corrected chi connectivity index (χ3v) is 13.9. The number of sulfonamides is 1. The third kappa shape index (κ3) is 10.2. The molecule has 0 aliphatic carbocycles. The van der Waals surface area contributed by atoms with E-state index in [0.717, 1.165) is 10.5 Å². The predicted molar refractivity (Wildman–Crippen MR) is 222 cm³/mol. The lowest BCUT2D eigenvalue weighted by Gasteiger charge is -2.38. The van der Waals surface area contributed by atoms with Crippen LogP contribution in [0, 0.1) is 3.57 Å². The van der Waals surface area contributed by atoms with Crippen LogP contribution in [0.4, 0.5) is 4.79 Å². The zero-order valence-electron chi connectivity index (χ0n) is 32.6. The van der Waals surface area contributed by atoms with Crippen molar-refractivity contribution >= 4 is 48.5 Å². The minimum absolute atomic E-state index is 0.0642. The zero-order valence-corrected chi connectivity index (χ0v) is 36.4. The zero-order chi connectivity index (χ0) is 41.7. The van der Waals surface area contributed by atoms with Crippen molar-refractivity contribution in [2.45, 2.75) is 68.7 Å². The van der Waals surface area contributed by atoms with Gasteiger partial charge in [0.1, 0.15) is 22.1 Å². The smallest absolute Gasteiger partial charge is 0.408 e. The van der Waals surface area contributed by atoms with Gasteiger partial charge in [0.2, 0.25) is 15.8 Å². The molecule has 1 heterocycles. The molecular formula is C39H45IN6O9S2. The highest BCUT2D eigenvalue weighted by molar-refractivity contribution is 14.1. The number of halogens is 1. The summed E-state index contributed by atoms with van der Waals surface area (Å²) in [5.41, 5.74) is 0.977. The van der Waals surface area contributed by atoms with Crippen molar-refractivity contribution in [3.05, 3.63) is 105 Å². The van der Waals surface area contributed by atoms with Gasteiger partial charge in [0, 0.05) is 28.2 Å². The number of benzene rings is 4. The summed E-state index contributed by atoms with van der Waals surface area (Å²) in [4.78, 5) is 13.6. The summed E-state index contributed by atoms with van der Waals surface area (Å²) in [6, 6.07) is 22.6. The number of ether oxygens (including phenoxy) is 3. The van der Waals surface area contributed by atoms with Gasteiger partial charge in [0.25, 0.3) is 0 Å².